The van der Waals surface area contributed by atoms with Crippen LogP contribution in [0.5, 0.6) is 0 Å². The SMILES string of the molecule is NC(=O)c1ccc(/C=C/C(=O)NCCSCCCO)cc1. The van der Waals surface area contributed by atoms with Crippen molar-refractivity contribution in [1.29, 1.82) is 0 Å². The van der Waals surface area contributed by atoms with Gasteiger partial charge in [0.15, 0.2) is 0 Å². The molecule has 4 N–H and O–H groups in total. The number of nitrogens with one attached hydrogen (secondary N) is 1. The van der Waals surface area contributed by atoms with Gasteiger partial charge in [0.1, 0.15) is 0 Å². The number of amides is 2. The van der Waals surface area contributed by atoms with Crippen LogP contribution in [0.2, 0.25) is 0 Å². The summed E-state index contributed by atoms with van der Waals surface area (Å²) in [5.74, 6) is 1.10. The highest BCUT2D eigenvalue weighted by atomic mass is 32.2. The molecule has 0 heterocycles. The second-order valence-electron chi connectivity index (χ2n) is 4.30. The van der Waals surface area contributed by atoms with E-state index in [-0.39, 0.29) is 12.5 Å². The maximum Gasteiger partial charge on any atom is 0.248 e. The molecule has 0 radical (unpaired) electrons. The summed E-state index contributed by atoms with van der Waals surface area (Å²) in [7, 11) is 0. The van der Waals surface area contributed by atoms with E-state index in [4.69, 9.17) is 10.8 Å². The minimum Gasteiger partial charge on any atom is -0.396 e. The number of nitrogens with two attached hydrogens (primary N) is 1. The van der Waals surface area contributed by atoms with E-state index in [1.54, 1.807) is 42.1 Å². The Balaban J connectivity index is 2.28. The van der Waals surface area contributed by atoms with Gasteiger partial charge in [-0.25, -0.2) is 0 Å². The van der Waals surface area contributed by atoms with E-state index >= 15 is 0 Å². The highest BCUT2D eigenvalue weighted by Crippen LogP contribution is 2.05. The lowest BCUT2D eigenvalue weighted by molar-refractivity contribution is -0.116. The van der Waals surface area contributed by atoms with Crippen LogP contribution in [0, 0.1) is 0 Å². The van der Waals surface area contributed by atoms with Crippen LogP contribution in [-0.2, 0) is 4.79 Å². The normalized spacial score (nSPS) is 10.7. The van der Waals surface area contributed by atoms with Gasteiger partial charge in [-0.3, -0.25) is 9.59 Å². The fraction of sp³-hybridized carbons (Fsp3) is 0.333. The van der Waals surface area contributed by atoms with Crippen molar-refractivity contribution in [2.45, 2.75) is 6.42 Å². The predicted octanol–water partition coefficient (Wildman–Crippen LogP) is 1.03. The van der Waals surface area contributed by atoms with Crippen molar-refractivity contribution in [1.82, 2.24) is 5.32 Å². The van der Waals surface area contributed by atoms with Crippen LogP contribution in [-0.4, -0.2) is 41.6 Å². The molecular weight excluding hydrogens is 288 g/mol. The summed E-state index contributed by atoms with van der Waals surface area (Å²) >= 11 is 1.70. The number of aliphatic hydroxyl groups is 1. The third kappa shape index (κ3) is 7.53. The minimum atomic E-state index is -0.470. The molecular formula is C15H20N2O3S. The Labute approximate surface area is 128 Å². The van der Waals surface area contributed by atoms with Gasteiger partial charge >= 0.3 is 0 Å². The predicted molar refractivity (Wildman–Crippen MR) is 86.0 cm³/mol. The molecule has 0 bridgehead atoms. The molecule has 0 saturated carbocycles. The van der Waals surface area contributed by atoms with E-state index in [9.17, 15) is 9.59 Å². The van der Waals surface area contributed by atoms with Gasteiger partial charge in [0.25, 0.3) is 0 Å². The number of carbonyl (C=O) groups is 2. The summed E-state index contributed by atoms with van der Waals surface area (Å²) in [5, 5.41) is 11.4. The topological polar surface area (TPSA) is 92.4 Å². The third-order valence-corrected chi connectivity index (χ3v) is 3.68. The average Bonchev–Trinajstić information content (AvgIpc) is 2.49. The van der Waals surface area contributed by atoms with Gasteiger partial charge < -0.3 is 16.2 Å². The van der Waals surface area contributed by atoms with E-state index in [1.807, 2.05) is 0 Å². The van der Waals surface area contributed by atoms with E-state index in [0.29, 0.717) is 12.1 Å². The van der Waals surface area contributed by atoms with Gasteiger partial charge in [-0.15, -0.1) is 0 Å². The highest BCUT2D eigenvalue weighted by molar-refractivity contribution is 7.99. The summed E-state index contributed by atoms with van der Waals surface area (Å²) in [5.41, 5.74) is 6.42. The molecule has 0 aliphatic carbocycles. The molecule has 0 atom stereocenters. The maximum atomic E-state index is 11.6. The lowest BCUT2D eigenvalue weighted by atomic mass is 10.1. The zero-order valence-electron chi connectivity index (χ0n) is 11.7. The molecule has 0 aliphatic rings. The zero-order valence-corrected chi connectivity index (χ0v) is 12.6. The summed E-state index contributed by atoms with van der Waals surface area (Å²) in [4.78, 5) is 22.5. The van der Waals surface area contributed by atoms with Gasteiger partial charge in [0, 0.05) is 30.5 Å². The first-order chi connectivity index (χ1) is 10.1. The van der Waals surface area contributed by atoms with E-state index in [2.05, 4.69) is 5.32 Å². The number of carbonyl (C=O) groups excluding carboxylic acids is 2. The van der Waals surface area contributed by atoms with Gasteiger partial charge in [0.2, 0.25) is 11.8 Å². The number of hydrogen-bond donors (Lipinski definition) is 3. The van der Waals surface area contributed by atoms with Crippen LogP contribution >= 0.6 is 11.8 Å². The largest absolute Gasteiger partial charge is 0.396 e. The van der Waals surface area contributed by atoms with Gasteiger partial charge in [-0.05, 0) is 35.9 Å². The molecule has 0 spiro atoms. The summed E-state index contributed by atoms with van der Waals surface area (Å²) in [6, 6.07) is 6.71. The first kappa shape index (κ1) is 17.3. The van der Waals surface area contributed by atoms with E-state index < -0.39 is 5.91 Å². The Kier molecular flexibility index (Phi) is 8.23. The Bertz CT molecular complexity index is 486. The molecule has 21 heavy (non-hydrogen) atoms. The molecule has 1 aromatic rings. The number of hydrogen-bond acceptors (Lipinski definition) is 4. The quantitative estimate of drug-likeness (QED) is 0.469. The van der Waals surface area contributed by atoms with Crippen molar-refractivity contribution in [3.05, 3.63) is 41.5 Å². The lowest BCUT2D eigenvalue weighted by Crippen LogP contribution is -2.23. The summed E-state index contributed by atoms with van der Waals surface area (Å²) in [6.07, 6.45) is 3.91. The summed E-state index contributed by atoms with van der Waals surface area (Å²) < 4.78 is 0. The van der Waals surface area contributed by atoms with Crippen LogP contribution in [0.4, 0.5) is 0 Å². The van der Waals surface area contributed by atoms with Crippen LogP contribution in [0.1, 0.15) is 22.3 Å². The highest BCUT2D eigenvalue weighted by Gasteiger charge is 1.99. The smallest absolute Gasteiger partial charge is 0.248 e. The first-order valence-electron chi connectivity index (χ1n) is 6.68. The number of rotatable bonds is 9. The zero-order chi connectivity index (χ0) is 15.5. The van der Waals surface area contributed by atoms with Gasteiger partial charge in [-0.2, -0.15) is 11.8 Å². The molecule has 0 saturated heterocycles. The molecule has 0 unspecified atom stereocenters. The van der Waals surface area contributed by atoms with Crippen molar-refractivity contribution in [3.8, 4) is 0 Å². The Morgan fingerprint density at radius 1 is 1.24 bits per heavy atom. The molecule has 0 aromatic heterocycles. The number of primary amides is 1. The molecule has 1 rings (SSSR count). The average molecular weight is 308 g/mol. The van der Waals surface area contributed by atoms with Crippen molar-refractivity contribution in [2.24, 2.45) is 5.73 Å². The van der Waals surface area contributed by atoms with Crippen LogP contribution in [0.3, 0.4) is 0 Å². The second-order valence-corrected chi connectivity index (χ2v) is 5.52. The number of thioether (sulfide) groups is 1. The molecule has 5 nitrogen and oxygen atoms in total. The molecule has 0 aliphatic heterocycles. The standard InChI is InChI=1S/C15H20N2O3S/c16-15(20)13-5-2-12(3-6-13)4-7-14(19)17-8-11-21-10-1-9-18/h2-7,18H,1,8-11H2,(H2,16,20)(H,17,19)/b7-4+. The van der Waals surface area contributed by atoms with Gasteiger partial charge in [-0.1, -0.05) is 12.1 Å². The van der Waals surface area contributed by atoms with Crippen LogP contribution in [0.25, 0.3) is 6.08 Å². The van der Waals surface area contributed by atoms with Crippen LogP contribution in [0.15, 0.2) is 30.3 Å². The van der Waals surface area contributed by atoms with Crippen molar-refractivity contribution in [2.75, 3.05) is 24.7 Å². The Hall–Kier alpha value is -1.79. The second kappa shape index (κ2) is 10.0. The minimum absolute atomic E-state index is 0.156. The monoisotopic (exact) mass is 308 g/mol. The third-order valence-electron chi connectivity index (χ3n) is 2.61. The molecule has 2 amide bonds. The fourth-order valence-corrected chi connectivity index (χ4v) is 2.29. The number of aliphatic hydroxyl groups excluding tert-OH is 1. The Morgan fingerprint density at radius 2 is 1.95 bits per heavy atom. The first-order valence-corrected chi connectivity index (χ1v) is 7.83. The number of benzene rings is 1. The molecule has 0 fully saturated rings. The molecule has 6 heteroatoms. The summed E-state index contributed by atoms with van der Waals surface area (Å²) in [6.45, 7) is 0.802. The van der Waals surface area contributed by atoms with Gasteiger partial charge in [0.05, 0.1) is 0 Å². The van der Waals surface area contributed by atoms with E-state index in [0.717, 1.165) is 23.5 Å². The van der Waals surface area contributed by atoms with E-state index in [1.165, 1.54) is 6.08 Å². The maximum absolute atomic E-state index is 11.6. The van der Waals surface area contributed by atoms with Crippen LogP contribution < -0.4 is 11.1 Å². The van der Waals surface area contributed by atoms with Crippen molar-refractivity contribution >= 4 is 29.7 Å². The molecule has 114 valence electrons. The van der Waals surface area contributed by atoms with Crippen molar-refractivity contribution in [3.63, 3.8) is 0 Å². The lowest BCUT2D eigenvalue weighted by Gasteiger charge is -2.02. The fourth-order valence-electron chi connectivity index (χ4n) is 1.50. The molecule has 1 aromatic carbocycles. The van der Waals surface area contributed by atoms with Crippen molar-refractivity contribution < 1.29 is 14.7 Å². The Morgan fingerprint density at radius 3 is 2.57 bits per heavy atom.